The van der Waals surface area contributed by atoms with Crippen LogP contribution in [0.4, 0.5) is 5.82 Å². The van der Waals surface area contributed by atoms with Gasteiger partial charge in [-0.2, -0.15) is 0 Å². The number of hydrogen-bond donors (Lipinski definition) is 2. The van der Waals surface area contributed by atoms with Crippen molar-refractivity contribution in [2.24, 2.45) is 0 Å². The smallest absolute Gasteiger partial charge is 0.354 e. The van der Waals surface area contributed by atoms with E-state index in [4.69, 9.17) is 5.11 Å². The van der Waals surface area contributed by atoms with Crippen LogP contribution in [0.5, 0.6) is 0 Å². The van der Waals surface area contributed by atoms with E-state index in [1.54, 1.807) is 12.3 Å². The molecule has 0 atom stereocenters. The second-order valence-electron chi connectivity index (χ2n) is 5.12. The highest BCUT2D eigenvalue weighted by atomic mass is 16.4. The van der Waals surface area contributed by atoms with Crippen molar-refractivity contribution in [1.82, 2.24) is 15.0 Å². The van der Waals surface area contributed by atoms with E-state index in [2.05, 4.69) is 20.3 Å². The summed E-state index contributed by atoms with van der Waals surface area (Å²) in [5.74, 6) is 0.801. The van der Waals surface area contributed by atoms with Crippen molar-refractivity contribution in [1.29, 1.82) is 0 Å². The first-order valence-electron chi connectivity index (χ1n) is 6.73. The molecule has 0 aliphatic rings. The Bertz CT molecular complexity index is 639. The predicted molar refractivity (Wildman–Crippen MR) is 79.4 cm³/mol. The van der Waals surface area contributed by atoms with Crippen LogP contribution in [0.3, 0.4) is 0 Å². The summed E-state index contributed by atoms with van der Waals surface area (Å²) in [5.41, 5.74) is 1.84. The largest absolute Gasteiger partial charge is 0.477 e. The standard InChI is InChI=1S/C15H18N4O2/c1-9(2)14-18-10(3)6-13(19-14)17-8-11-4-5-12(15(20)21)16-7-11/h4-7,9H,8H2,1-3H3,(H,20,21)(H,17,18,19). The zero-order chi connectivity index (χ0) is 15.4. The van der Waals surface area contributed by atoms with Gasteiger partial charge >= 0.3 is 5.97 Å². The average molecular weight is 286 g/mol. The van der Waals surface area contributed by atoms with Crippen molar-refractivity contribution in [3.63, 3.8) is 0 Å². The summed E-state index contributed by atoms with van der Waals surface area (Å²) in [6.07, 6.45) is 1.55. The van der Waals surface area contributed by atoms with E-state index in [1.807, 2.05) is 26.8 Å². The Labute approximate surface area is 123 Å². The maximum atomic E-state index is 10.7. The van der Waals surface area contributed by atoms with Crippen molar-refractivity contribution in [3.05, 3.63) is 47.2 Å². The Balaban J connectivity index is 2.07. The number of nitrogens with one attached hydrogen (secondary N) is 1. The predicted octanol–water partition coefficient (Wildman–Crippen LogP) is 2.61. The van der Waals surface area contributed by atoms with Crippen LogP contribution >= 0.6 is 0 Å². The highest BCUT2D eigenvalue weighted by Crippen LogP contribution is 2.14. The Kier molecular flexibility index (Phi) is 4.47. The molecule has 0 aliphatic heterocycles. The van der Waals surface area contributed by atoms with Crippen molar-refractivity contribution in [2.45, 2.75) is 33.2 Å². The molecule has 2 aromatic heterocycles. The molecule has 0 aromatic carbocycles. The lowest BCUT2D eigenvalue weighted by Gasteiger charge is -2.10. The van der Waals surface area contributed by atoms with E-state index < -0.39 is 5.97 Å². The minimum absolute atomic E-state index is 0.0405. The molecule has 2 N–H and O–H groups in total. The van der Waals surface area contributed by atoms with E-state index >= 15 is 0 Å². The molecule has 2 aromatic rings. The molecule has 0 aliphatic carbocycles. The van der Waals surface area contributed by atoms with Crippen LogP contribution in [0.25, 0.3) is 0 Å². The number of carbonyl (C=O) groups is 1. The second kappa shape index (κ2) is 6.30. The maximum absolute atomic E-state index is 10.7. The first-order valence-corrected chi connectivity index (χ1v) is 6.73. The van der Waals surface area contributed by atoms with Gasteiger partial charge in [-0.15, -0.1) is 0 Å². The van der Waals surface area contributed by atoms with E-state index in [-0.39, 0.29) is 11.6 Å². The molecular weight excluding hydrogens is 268 g/mol. The van der Waals surface area contributed by atoms with Crippen LogP contribution in [0.1, 0.15) is 47.3 Å². The monoisotopic (exact) mass is 286 g/mol. The summed E-state index contributed by atoms with van der Waals surface area (Å²) in [6.45, 7) is 6.56. The van der Waals surface area contributed by atoms with Gasteiger partial charge in [0.1, 0.15) is 17.3 Å². The summed E-state index contributed by atoms with van der Waals surface area (Å²) in [4.78, 5) is 23.5. The van der Waals surface area contributed by atoms with Crippen LogP contribution in [0, 0.1) is 6.92 Å². The van der Waals surface area contributed by atoms with Crippen molar-refractivity contribution in [2.75, 3.05) is 5.32 Å². The Morgan fingerprint density at radius 2 is 2.10 bits per heavy atom. The van der Waals surface area contributed by atoms with E-state index in [0.717, 1.165) is 22.9 Å². The van der Waals surface area contributed by atoms with Gasteiger partial charge in [-0.05, 0) is 18.6 Å². The highest BCUT2D eigenvalue weighted by molar-refractivity contribution is 5.85. The molecule has 6 nitrogen and oxygen atoms in total. The molecule has 0 saturated carbocycles. The molecule has 0 spiro atoms. The van der Waals surface area contributed by atoms with Crippen LogP contribution in [-0.2, 0) is 6.54 Å². The minimum atomic E-state index is -1.03. The summed E-state index contributed by atoms with van der Waals surface area (Å²) in [7, 11) is 0. The quantitative estimate of drug-likeness (QED) is 0.878. The summed E-state index contributed by atoms with van der Waals surface area (Å²) < 4.78 is 0. The van der Waals surface area contributed by atoms with E-state index in [9.17, 15) is 4.79 Å². The van der Waals surface area contributed by atoms with Gasteiger partial charge in [0.15, 0.2) is 0 Å². The number of aromatic carboxylic acids is 1. The molecule has 2 heterocycles. The fraction of sp³-hybridized carbons (Fsp3) is 0.333. The van der Waals surface area contributed by atoms with Crippen molar-refractivity contribution < 1.29 is 9.90 Å². The SMILES string of the molecule is Cc1cc(NCc2ccc(C(=O)O)nc2)nc(C(C)C)n1. The van der Waals surface area contributed by atoms with E-state index in [0.29, 0.717) is 6.54 Å². The first kappa shape index (κ1) is 14.9. The number of hydrogen-bond acceptors (Lipinski definition) is 5. The van der Waals surface area contributed by atoms with Gasteiger partial charge in [0.05, 0.1) is 0 Å². The molecule has 21 heavy (non-hydrogen) atoms. The van der Waals surface area contributed by atoms with Crippen LogP contribution < -0.4 is 5.32 Å². The number of nitrogens with zero attached hydrogens (tertiary/aromatic N) is 3. The van der Waals surface area contributed by atoms with Gasteiger partial charge in [-0.3, -0.25) is 0 Å². The lowest BCUT2D eigenvalue weighted by molar-refractivity contribution is 0.0690. The number of rotatable bonds is 5. The molecule has 0 saturated heterocycles. The van der Waals surface area contributed by atoms with Crippen LogP contribution in [0.2, 0.25) is 0 Å². The number of carboxylic acids is 1. The van der Waals surface area contributed by atoms with Crippen molar-refractivity contribution >= 4 is 11.8 Å². The average Bonchev–Trinajstić information content (AvgIpc) is 2.45. The zero-order valence-corrected chi connectivity index (χ0v) is 12.3. The van der Waals surface area contributed by atoms with Gasteiger partial charge < -0.3 is 10.4 Å². The zero-order valence-electron chi connectivity index (χ0n) is 12.3. The van der Waals surface area contributed by atoms with Crippen LogP contribution in [0.15, 0.2) is 24.4 Å². The number of anilines is 1. The van der Waals surface area contributed by atoms with Gasteiger partial charge in [0.2, 0.25) is 0 Å². The van der Waals surface area contributed by atoms with Gasteiger partial charge in [0.25, 0.3) is 0 Å². The van der Waals surface area contributed by atoms with Gasteiger partial charge in [0, 0.05) is 30.4 Å². The first-order chi connectivity index (χ1) is 9.95. The molecule has 0 fully saturated rings. The molecule has 6 heteroatoms. The Morgan fingerprint density at radius 1 is 1.33 bits per heavy atom. The lowest BCUT2D eigenvalue weighted by Crippen LogP contribution is -2.07. The third-order valence-electron chi connectivity index (χ3n) is 2.91. The summed E-state index contributed by atoms with van der Waals surface area (Å²) in [5, 5.41) is 12.0. The number of aryl methyl sites for hydroxylation is 1. The van der Waals surface area contributed by atoms with Gasteiger partial charge in [-0.1, -0.05) is 19.9 Å². The van der Waals surface area contributed by atoms with E-state index in [1.165, 1.54) is 6.07 Å². The highest BCUT2D eigenvalue weighted by Gasteiger charge is 2.07. The molecule has 2 rings (SSSR count). The van der Waals surface area contributed by atoms with Crippen LogP contribution in [-0.4, -0.2) is 26.0 Å². The van der Waals surface area contributed by atoms with Gasteiger partial charge in [-0.25, -0.2) is 19.7 Å². The summed E-state index contributed by atoms with van der Waals surface area (Å²) >= 11 is 0. The topological polar surface area (TPSA) is 88.0 Å². The van der Waals surface area contributed by atoms with Crippen molar-refractivity contribution in [3.8, 4) is 0 Å². The lowest BCUT2D eigenvalue weighted by atomic mass is 10.2. The number of carboxylic acid groups (broad SMARTS) is 1. The Hall–Kier alpha value is -2.50. The molecule has 0 amide bonds. The Morgan fingerprint density at radius 3 is 2.67 bits per heavy atom. The molecular formula is C15H18N4O2. The molecule has 0 unspecified atom stereocenters. The second-order valence-corrected chi connectivity index (χ2v) is 5.12. The molecule has 110 valence electrons. The third-order valence-corrected chi connectivity index (χ3v) is 2.91. The molecule has 0 bridgehead atoms. The minimum Gasteiger partial charge on any atom is -0.477 e. The molecule has 0 radical (unpaired) electrons. The fourth-order valence-corrected chi connectivity index (χ4v) is 1.79. The summed E-state index contributed by atoms with van der Waals surface area (Å²) in [6, 6.07) is 5.11. The number of pyridine rings is 1. The fourth-order valence-electron chi connectivity index (χ4n) is 1.79. The number of aromatic nitrogens is 3. The normalized spacial score (nSPS) is 10.7. The third kappa shape index (κ3) is 3.98. The maximum Gasteiger partial charge on any atom is 0.354 e.